The van der Waals surface area contributed by atoms with Crippen LogP contribution in [-0.2, 0) is 0 Å². The van der Waals surface area contributed by atoms with E-state index in [2.05, 4.69) is 4.98 Å². The Morgan fingerprint density at radius 2 is 1.90 bits per heavy atom. The lowest BCUT2D eigenvalue weighted by molar-refractivity contribution is 0.402. The maximum atomic E-state index is 6.12. The zero-order valence-electron chi connectivity index (χ0n) is 12.3. The minimum atomic E-state index is 0.422. The fraction of sp³-hybridized carbons (Fsp3) is 0.188. The van der Waals surface area contributed by atoms with E-state index in [1.807, 2.05) is 47.9 Å². The van der Waals surface area contributed by atoms with Crippen LogP contribution in [0.5, 0.6) is 11.5 Å². The first kappa shape index (κ1) is 13.3. The standard InChI is InChI=1S/C16H17N3O2/c1-10-5-4-6-12-15(10)18-16(17)19(12)13-9-11(20-2)7-8-14(13)21-3/h4-9H,1-3H3,(H2,17,18). The monoisotopic (exact) mass is 283 g/mol. The number of nitrogen functional groups attached to an aromatic ring is 1. The number of aryl methyl sites for hydroxylation is 1. The van der Waals surface area contributed by atoms with Gasteiger partial charge in [-0.2, -0.15) is 0 Å². The number of anilines is 1. The molecule has 1 aromatic heterocycles. The number of nitrogens with two attached hydrogens (primary N) is 1. The Labute approximate surface area is 122 Å². The molecular weight excluding hydrogens is 266 g/mol. The molecule has 0 aliphatic rings. The Balaban J connectivity index is 2.34. The van der Waals surface area contributed by atoms with Crippen molar-refractivity contribution in [2.45, 2.75) is 6.92 Å². The third-order valence-electron chi connectivity index (χ3n) is 3.54. The van der Waals surface area contributed by atoms with Gasteiger partial charge >= 0.3 is 0 Å². The number of hydrogen-bond donors (Lipinski definition) is 1. The van der Waals surface area contributed by atoms with E-state index in [1.54, 1.807) is 14.2 Å². The molecule has 0 fully saturated rings. The maximum Gasteiger partial charge on any atom is 0.206 e. The molecule has 0 amide bonds. The molecule has 0 aliphatic carbocycles. The van der Waals surface area contributed by atoms with Gasteiger partial charge in [0.15, 0.2) is 0 Å². The van der Waals surface area contributed by atoms with Crippen LogP contribution in [0.4, 0.5) is 5.95 Å². The topological polar surface area (TPSA) is 62.3 Å². The van der Waals surface area contributed by atoms with Gasteiger partial charge in [-0.25, -0.2) is 4.98 Å². The largest absolute Gasteiger partial charge is 0.497 e. The first-order valence-electron chi connectivity index (χ1n) is 6.61. The number of rotatable bonds is 3. The van der Waals surface area contributed by atoms with Crippen LogP contribution in [0, 0.1) is 6.92 Å². The van der Waals surface area contributed by atoms with Gasteiger partial charge in [0.25, 0.3) is 0 Å². The highest BCUT2D eigenvalue weighted by Gasteiger charge is 2.15. The van der Waals surface area contributed by atoms with Crippen LogP contribution < -0.4 is 15.2 Å². The Morgan fingerprint density at radius 3 is 2.62 bits per heavy atom. The summed E-state index contributed by atoms with van der Waals surface area (Å²) in [4.78, 5) is 4.46. The molecule has 3 rings (SSSR count). The van der Waals surface area contributed by atoms with E-state index < -0.39 is 0 Å². The van der Waals surface area contributed by atoms with Crippen LogP contribution in [0.1, 0.15) is 5.56 Å². The van der Waals surface area contributed by atoms with Gasteiger partial charge < -0.3 is 15.2 Å². The van der Waals surface area contributed by atoms with Gasteiger partial charge in [-0.3, -0.25) is 4.57 Å². The Hall–Kier alpha value is -2.69. The number of benzene rings is 2. The molecule has 0 atom stereocenters. The number of methoxy groups -OCH3 is 2. The first-order chi connectivity index (χ1) is 10.2. The number of hydrogen-bond acceptors (Lipinski definition) is 4. The molecule has 3 aromatic rings. The van der Waals surface area contributed by atoms with Crippen molar-refractivity contribution in [3.63, 3.8) is 0 Å². The average Bonchev–Trinajstić information content (AvgIpc) is 2.84. The average molecular weight is 283 g/mol. The molecule has 0 bridgehead atoms. The molecule has 2 N–H and O–H groups in total. The molecule has 0 spiro atoms. The number of fused-ring (bicyclic) bond motifs is 1. The van der Waals surface area contributed by atoms with Crippen LogP contribution in [0.3, 0.4) is 0 Å². The van der Waals surface area contributed by atoms with Crippen molar-refractivity contribution in [2.24, 2.45) is 0 Å². The van der Waals surface area contributed by atoms with Crippen molar-refractivity contribution in [3.8, 4) is 17.2 Å². The highest BCUT2D eigenvalue weighted by Crippen LogP contribution is 2.33. The second-order valence-corrected chi connectivity index (χ2v) is 4.79. The predicted molar refractivity (Wildman–Crippen MR) is 83.3 cm³/mol. The van der Waals surface area contributed by atoms with Gasteiger partial charge in [0, 0.05) is 6.07 Å². The highest BCUT2D eigenvalue weighted by atomic mass is 16.5. The fourth-order valence-electron chi connectivity index (χ4n) is 2.48. The summed E-state index contributed by atoms with van der Waals surface area (Å²) in [6.45, 7) is 2.02. The molecule has 0 saturated heterocycles. The van der Waals surface area contributed by atoms with Gasteiger partial charge in [-0.1, -0.05) is 12.1 Å². The number of imidazole rings is 1. The third kappa shape index (κ3) is 2.07. The second kappa shape index (κ2) is 5.01. The van der Waals surface area contributed by atoms with E-state index in [1.165, 1.54) is 0 Å². The summed E-state index contributed by atoms with van der Waals surface area (Å²) < 4.78 is 12.6. The molecule has 0 saturated carbocycles. The second-order valence-electron chi connectivity index (χ2n) is 4.79. The van der Waals surface area contributed by atoms with Crippen molar-refractivity contribution in [1.82, 2.24) is 9.55 Å². The summed E-state index contributed by atoms with van der Waals surface area (Å²) in [5.41, 5.74) is 9.85. The Kier molecular flexibility index (Phi) is 3.17. The zero-order chi connectivity index (χ0) is 15.0. The molecule has 0 aliphatic heterocycles. The van der Waals surface area contributed by atoms with Crippen molar-refractivity contribution >= 4 is 17.0 Å². The quantitative estimate of drug-likeness (QED) is 0.802. The van der Waals surface area contributed by atoms with Crippen LogP contribution in [0.2, 0.25) is 0 Å². The molecule has 0 radical (unpaired) electrons. The van der Waals surface area contributed by atoms with E-state index in [4.69, 9.17) is 15.2 Å². The van der Waals surface area contributed by atoms with E-state index >= 15 is 0 Å². The molecular formula is C16H17N3O2. The summed E-state index contributed by atoms with van der Waals surface area (Å²) in [5.74, 6) is 1.87. The van der Waals surface area contributed by atoms with E-state index in [-0.39, 0.29) is 0 Å². The first-order valence-corrected chi connectivity index (χ1v) is 6.61. The van der Waals surface area contributed by atoms with Crippen LogP contribution >= 0.6 is 0 Å². The normalized spacial score (nSPS) is 10.8. The lowest BCUT2D eigenvalue weighted by atomic mass is 10.2. The molecule has 21 heavy (non-hydrogen) atoms. The molecule has 1 heterocycles. The number of nitrogens with zero attached hydrogens (tertiary/aromatic N) is 2. The number of para-hydroxylation sites is 1. The predicted octanol–water partition coefficient (Wildman–Crippen LogP) is 2.93. The summed E-state index contributed by atoms with van der Waals surface area (Å²) in [6, 6.07) is 11.6. The van der Waals surface area contributed by atoms with Crippen LogP contribution in [0.15, 0.2) is 36.4 Å². The van der Waals surface area contributed by atoms with E-state index in [0.29, 0.717) is 11.7 Å². The molecule has 5 nitrogen and oxygen atoms in total. The molecule has 108 valence electrons. The smallest absolute Gasteiger partial charge is 0.206 e. The van der Waals surface area contributed by atoms with Crippen LogP contribution in [0.25, 0.3) is 16.7 Å². The van der Waals surface area contributed by atoms with Crippen molar-refractivity contribution in [1.29, 1.82) is 0 Å². The van der Waals surface area contributed by atoms with Gasteiger partial charge in [-0.05, 0) is 30.7 Å². The highest BCUT2D eigenvalue weighted by molar-refractivity contribution is 5.84. The maximum absolute atomic E-state index is 6.12. The van der Waals surface area contributed by atoms with E-state index in [9.17, 15) is 0 Å². The lowest BCUT2D eigenvalue weighted by Crippen LogP contribution is -2.03. The van der Waals surface area contributed by atoms with Gasteiger partial charge in [0.2, 0.25) is 5.95 Å². The minimum absolute atomic E-state index is 0.422. The van der Waals surface area contributed by atoms with Gasteiger partial charge in [0.05, 0.1) is 30.9 Å². The molecule has 0 unspecified atom stereocenters. The SMILES string of the molecule is COc1ccc(OC)c(-n2c(N)nc3c(C)cccc32)c1. The summed E-state index contributed by atoms with van der Waals surface area (Å²) in [6.07, 6.45) is 0. The van der Waals surface area contributed by atoms with Gasteiger partial charge in [0.1, 0.15) is 11.5 Å². The molecule has 5 heteroatoms. The van der Waals surface area contributed by atoms with Crippen LogP contribution in [-0.4, -0.2) is 23.8 Å². The van der Waals surface area contributed by atoms with E-state index in [0.717, 1.165) is 28.0 Å². The fourth-order valence-corrected chi connectivity index (χ4v) is 2.48. The number of ether oxygens (including phenoxy) is 2. The van der Waals surface area contributed by atoms with Crippen molar-refractivity contribution < 1.29 is 9.47 Å². The summed E-state index contributed by atoms with van der Waals surface area (Å²) in [5, 5.41) is 0. The van der Waals surface area contributed by atoms with Gasteiger partial charge in [-0.15, -0.1) is 0 Å². The summed E-state index contributed by atoms with van der Waals surface area (Å²) in [7, 11) is 3.26. The Bertz CT molecular complexity index is 809. The van der Waals surface area contributed by atoms with Crippen molar-refractivity contribution in [2.75, 3.05) is 20.0 Å². The third-order valence-corrected chi connectivity index (χ3v) is 3.54. The lowest BCUT2D eigenvalue weighted by Gasteiger charge is -2.13. The Morgan fingerprint density at radius 1 is 1.10 bits per heavy atom. The van der Waals surface area contributed by atoms with Crippen molar-refractivity contribution in [3.05, 3.63) is 42.0 Å². The number of aromatic nitrogens is 2. The molecule has 2 aromatic carbocycles. The summed E-state index contributed by atoms with van der Waals surface area (Å²) >= 11 is 0. The zero-order valence-corrected chi connectivity index (χ0v) is 12.3. The minimum Gasteiger partial charge on any atom is -0.497 e.